The number of hydrogen-bond donors (Lipinski definition) is 0. The van der Waals surface area contributed by atoms with Gasteiger partial charge in [-0.3, -0.25) is 0 Å². The summed E-state index contributed by atoms with van der Waals surface area (Å²) in [6, 6.07) is 46.9. The van der Waals surface area contributed by atoms with Gasteiger partial charge in [-0.1, -0.05) is 133 Å². The smallest absolute Gasteiger partial charge is 0.164 e. The maximum atomic E-state index is 4.95. The highest BCUT2D eigenvalue weighted by atomic mass is 15.0. The Morgan fingerprint density at radius 1 is 0.435 bits per heavy atom. The second-order valence-electron chi connectivity index (χ2n) is 12.0. The molecule has 0 bridgehead atoms. The van der Waals surface area contributed by atoms with Crippen LogP contribution in [0.25, 0.3) is 78.8 Å². The molecule has 1 heterocycles. The third-order valence-electron chi connectivity index (χ3n) is 9.11. The van der Waals surface area contributed by atoms with E-state index >= 15 is 0 Å². The predicted molar refractivity (Wildman–Crippen MR) is 190 cm³/mol. The van der Waals surface area contributed by atoms with Gasteiger partial charge in [0, 0.05) is 16.7 Å². The highest BCUT2D eigenvalue weighted by molar-refractivity contribution is 6.04. The predicted octanol–water partition coefficient (Wildman–Crippen LogP) is 10.7. The molecule has 2 aliphatic carbocycles. The van der Waals surface area contributed by atoms with Crippen LogP contribution in [0.3, 0.4) is 0 Å². The molecule has 216 valence electrons. The SMILES string of the molecule is C1=Cc2ccc3cc(-c4cccc(-c5cccc(-c6nc(-c7ccccc7)nc(-c7ccccc7)n6)c5)c4)cc4c3c2C(=CC4)C1. The fraction of sp³-hybridized carbons (Fsp3) is 0.0465. The average molecular weight is 588 g/mol. The first-order chi connectivity index (χ1) is 22.8. The van der Waals surface area contributed by atoms with Gasteiger partial charge in [0.1, 0.15) is 0 Å². The zero-order chi connectivity index (χ0) is 30.5. The topological polar surface area (TPSA) is 38.7 Å². The summed E-state index contributed by atoms with van der Waals surface area (Å²) in [5.41, 5.74) is 13.3. The fourth-order valence-corrected chi connectivity index (χ4v) is 6.87. The summed E-state index contributed by atoms with van der Waals surface area (Å²) in [6.07, 6.45) is 8.98. The molecule has 0 saturated carbocycles. The lowest BCUT2D eigenvalue weighted by Crippen LogP contribution is -2.03. The van der Waals surface area contributed by atoms with Crippen molar-refractivity contribution in [3.05, 3.63) is 162 Å². The summed E-state index contributed by atoms with van der Waals surface area (Å²) in [5.74, 6) is 1.98. The largest absolute Gasteiger partial charge is 0.208 e. The fourth-order valence-electron chi connectivity index (χ4n) is 6.87. The highest BCUT2D eigenvalue weighted by Crippen LogP contribution is 2.42. The molecule has 0 fully saturated rings. The van der Waals surface area contributed by atoms with E-state index in [0.29, 0.717) is 17.5 Å². The first kappa shape index (κ1) is 26.5. The van der Waals surface area contributed by atoms with E-state index in [2.05, 4.69) is 91.0 Å². The Balaban J connectivity index is 1.12. The van der Waals surface area contributed by atoms with Crippen LogP contribution in [-0.2, 0) is 6.42 Å². The molecule has 46 heavy (non-hydrogen) atoms. The van der Waals surface area contributed by atoms with E-state index in [1.54, 1.807) is 0 Å². The van der Waals surface area contributed by atoms with Gasteiger partial charge >= 0.3 is 0 Å². The van der Waals surface area contributed by atoms with Gasteiger partial charge in [0.2, 0.25) is 0 Å². The average Bonchev–Trinajstić information content (AvgIpc) is 3.14. The molecule has 1 aromatic heterocycles. The van der Waals surface area contributed by atoms with Crippen molar-refractivity contribution in [1.82, 2.24) is 15.0 Å². The summed E-state index contributed by atoms with van der Waals surface area (Å²) in [6.45, 7) is 0. The Bertz CT molecular complexity index is 2290. The minimum absolute atomic E-state index is 0.657. The van der Waals surface area contributed by atoms with Crippen LogP contribution < -0.4 is 0 Å². The molecule has 2 aliphatic rings. The van der Waals surface area contributed by atoms with E-state index in [1.165, 1.54) is 44.2 Å². The summed E-state index contributed by atoms with van der Waals surface area (Å²) >= 11 is 0. The lowest BCUT2D eigenvalue weighted by atomic mass is 9.80. The molecule has 9 rings (SSSR count). The van der Waals surface area contributed by atoms with Crippen molar-refractivity contribution in [3.8, 4) is 56.4 Å². The zero-order valence-corrected chi connectivity index (χ0v) is 25.2. The second kappa shape index (κ2) is 10.9. The van der Waals surface area contributed by atoms with Crippen molar-refractivity contribution in [3.63, 3.8) is 0 Å². The van der Waals surface area contributed by atoms with Gasteiger partial charge in [-0.15, -0.1) is 0 Å². The van der Waals surface area contributed by atoms with Gasteiger partial charge < -0.3 is 0 Å². The van der Waals surface area contributed by atoms with Gasteiger partial charge in [0.15, 0.2) is 17.5 Å². The molecule has 0 N–H and O–H groups in total. The maximum Gasteiger partial charge on any atom is 0.164 e. The molecule has 7 aromatic rings. The lowest BCUT2D eigenvalue weighted by Gasteiger charge is -2.24. The quantitative estimate of drug-likeness (QED) is 0.201. The molecule has 0 radical (unpaired) electrons. The Kier molecular flexibility index (Phi) is 6.27. The Morgan fingerprint density at radius 3 is 1.67 bits per heavy atom. The molecule has 0 saturated heterocycles. The molecule has 0 spiro atoms. The summed E-state index contributed by atoms with van der Waals surface area (Å²) in [5, 5.41) is 2.74. The van der Waals surface area contributed by atoms with Gasteiger partial charge in [-0.05, 0) is 86.3 Å². The maximum absolute atomic E-state index is 4.95. The van der Waals surface area contributed by atoms with E-state index in [0.717, 1.165) is 40.7 Å². The van der Waals surface area contributed by atoms with Crippen molar-refractivity contribution in [2.45, 2.75) is 12.8 Å². The first-order valence-corrected chi connectivity index (χ1v) is 15.8. The standard InChI is InChI=1S/C43H29N3/c1-3-10-30(11-4-1)41-44-42(31-12-5-2-6-13-31)46-43(45-41)37-19-9-17-33(25-37)32-16-8-18-34(24-32)38-26-35-22-20-28-14-7-15-29-21-23-36(27-38)40(35)39(28)29/h1-14,16-22,24-27H,15,23H2. The van der Waals surface area contributed by atoms with Gasteiger partial charge in [-0.2, -0.15) is 0 Å². The van der Waals surface area contributed by atoms with Gasteiger partial charge in [0.25, 0.3) is 0 Å². The molecule has 0 aliphatic heterocycles. The van der Waals surface area contributed by atoms with Crippen molar-refractivity contribution >= 4 is 22.4 Å². The van der Waals surface area contributed by atoms with Crippen LogP contribution in [0.5, 0.6) is 0 Å². The molecule has 6 aromatic carbocycles. The highest BCUT2D eigenvalue weighted by Gasteiger charge is 2.20. The van der Waals surface area contributed by atoms with Crippen molar-refractivity contribution < 1.29 is 0 Å². The third kappa shape index (κ3) is 4.65. The van der Waals surface area contributed by atoms with Crippen LogP contribution in [0.1, 0.15) is 23.1 Å². The summed E-state index contributed by atoms with van der Waals surface area (Å²) in [4.78, 5) is 14.8. The molecule has 3 nitrogen and oxygen atoms in total. The normalized spacial score (nSPS) is 13.1. The van der Waals surface area contributed by atoms with Crippen molar-refractivity contribution in [2.24, 2.45) is 0 Å². The van der Waals surface area contributed by atoms with Crippen LogP contribution in [0.2, 0.25) is 0 Å². The minimum atomic E-state index is 0.657. The summed E-state index contributed by atoms with van der Waals surface area (Å²) in [7, 11) is 0. The number of benzene rings is 6. The first-order valence-electron chi connectivity index (χ1n) is 15.8. The van der Waals surface area contributed by atoms with Crippen LogP contribution in [0.15, 0.2) is 146 Å². The monoisotopic (exact) mass is 587 g/mol. The molecule has 0 amide bonds. The van der Waals surface area contributed by atoms with E-state index in [1.807, 2.05) is 60.7 Å². The van der Waals surface area contributed by atoms with E-state index in [9.17, 15) is 0 Å². The van der Waals surface area contributed by atoms with Gasteiger partial charge in [-0.25, -0.2) is 15.0 Å². The van der Waals surface area contributed by atoms with Crippen LogP contribution in [-0.4, -0.2) is 15.0 Å². The molecule has 0 unspecified atom stereocenters. The Hall–Kier alpha value is -5.93. The Morgan fingerprint density at radius 2 is 1.00 bits per heavy atom. The number of allylic oxidation sites excluding steroid dienone is 3. The van der Waals surface area contributed by atoms with E-state index in [-0.39, 0.29) is 0 Å². The molecular weight excluding hydrogens is 558 g/mol. The van der Waals surface area contributed by atoms with Gasteiger partial charge in [0.05, 0.1) is 0 Å². The number of hydrogen-bond acceptors (Lipinski definition) is 3. The van der Waals surface area contributed by atoms with Crippen molar-refractivity contribution in [2.75, 3.05) is 0 Å². The van der Waals surface area contributed by atoms with Crippen LogP contribution >= 0.6 is 0 Å². The molecular formula is C43H29N3. The third-order valence-corrected chi connectivity index (χ3v) is 9.11. The van der Waals surface area contributed by atoms with E-state index in [4.69, 9.17) is 15.0 Å². The van der Waals surface area contributed by atoms with Crippen LogP contribution in [0.4, 0.5) is 0 Å². The number of rotatable bonds is 5. The zero-order valence-electron chi connectivity index (χ0n) is 25.2. The van der Waals surface area contributed by atoms with Crippen molar-refractivity contribution in [1.29, 1.82) is 0 Å². The number of nitrogens with zero attached hydrogens (tertiary/aromatic N) is 3. The van der Waals surface area contributed by atoms with Crippen LogP contribution in [0, 0.1) is 0 Å². The minimum Gasteiger partial charge on any atom is -0.208 e. The summed E-state index contributed by atoms with van der Waals surface area (Å²) < 4.78 is 0. The molecule has 0 atom stereocenters. The second-order valence-corrected chi connectivity index (χ2v) is 12.0. The van der Waals surface area contributed by atoms with E-state index < -0.39 is 0 Å². The lowest BCUT2D eigenvalue weighted by molar-refractivity contribution is 1.07. The Labute approximate surface area is 268 Å². The number of aromatic nitrogens is 3. The molecule has 3 heteroatoms.